The molecule has 0 fully saturated rings. The number of nitrogens with one attached hydrogen (secondary N) is 1. The van der Waals surface area contributed by atoms with Gasteiger partial charge in [0.15, 0.2) is 0 Å². The number of carbonyl (C=O) groups excluding carboxylic acids is 2. The fourth-order valence-electron chi connectivity index (χ4n) is 3.69. The molecular weight excluding hydrogens is 388 g/mol. The van der Waals surface area contributed by atoms with Crippen LogP contribution < -0.4 is 5.32 Å². The average molecular weight is 421 g/mol. The van der Waals surface area contributed by atoms with Crippen molar-refractivity contribution >= 4 is 17.5 Å². The molecule has 2 amide bonds. The van der Waals surface area contributed by atoms with Gasteiger partial charge in [0.25, 0.3) is 0 Å². The van der Waals surface area contributed by atoms with Crippen LogP contribution in [0.5, 0.6) is 0 Å². The molecule has 1 unspecified atom stereocenters. The van der Waals surface area contributed by atoms with Gasteiger partial charge in [0.2, 0.25) is 11.8 Å². The summed E-state index contributed by atoms with van der Waals surface area (Å²) in [4.78, 5) is 26.9. The summed E-state index contributed by atoms with van der Waals surface area (Å²) in [5.74, 6) is -0.225. The first-order valence-electron chi connectivity index (χ1n) is 10.9. The Morgan fingerprint density at radius 1 is 1.06 bits per heavy atom. The minimum Gasteiger partial charge on any atom is -0.354 e. The lowest BCUT2D eigenvalue weighted by Crippen LogP contribution is -2.35. The quantitative estimate of drug-likeness (QED) is 0.676. The molecule has 164 valence electrons. The van der Waals surface area contributed by atoms with E-state index in [1.807, 2.05) is 44.4 Å². The summed E-state index contributed by atoms with van der Waals surface area (Å²) in [5.41, 5.74) is 4.42. The topological polar surface area (TPSA) is 65.0 Å². The number of hydrogen-bond acceptors (Lipinski definition) is 4. The molecule has 2 aromatic rings. The van der Waals surface area contributed by atoms with Crippen molar-refractivity contribution in [2.75, 3.05) is 27.2 Å². The number of rotatable bonds is 9. The van der Waals surface area contributed by atoms with Gasteiger partial charge < -0.3 is 10.2 Å². The van der Waals surface area contributed by atoms with Crippen molar-refractivity contribution in [3.8, 4) is 0 Å². The lowest BCUT2D eigenvalue weighted by molar-refractivity contribution is -0.133. The minimum atomic E-state index is -0.114. The summed E-state index contributed by atoms with van der Waals surface area (Å²) in [6, 6.07) is 18.5. The maximum Gasteiger partial charge on any atom is 0.243 e. The van der Waals surface area contributed by atoms with E-state index in [1.54, 1.807) is 0 Å². The Morgan fingerprint density at radius 3 is 2.42 bits per heavy atom. The van der Waals surface area contributed by atoms with E-state index in [0.717, 1.165) is 24.1 Å². The van der Waals surface area contributed by atoms with E-state index in [0.29, 0.717) is 13.1 Å². The smallest absolute Gasteiger partial charge is 0.243 e. The SMILES string of the molecule is CCc1ccc(C(CNC(=O)CCC(=O)N2CCC(c3ccccc3)=N2)N(C)C)cc1. The molecule has 0 aliphatic carbocycles. The largest absolute Gasteiger partial charge is 0.354 e. The Bertz CT molecular complexity index is 907. The van der Waals surface area contributed by atoms with Crippen LogP contribution in [0.1, 0.15) is 48.9 Å². The average Bonchev–Trinajstić information content (AvgIpc) is 3.29. The van der Waals surface area contributed by atoms with Crippen LogP contribution in [0.25, 0.3) is 0 Å². The number of benzene rings is 2. The molecule has 1 aliphatic rings. The molecule has 1 N–H and O–H groups in total. The van der Waals surface area contributed by atoms with Crippen molar-refractivity contribution in [3.05, 3.63) is 71.3 Å². The van der Waals surface area contributed by atoms with E-state index in [9.17, 15) is 9.59 Å². The molecule has 1 aliphatic heterocycles. The summed E-state index contributed by atoms with van der Waals surface area (Å²) in [6.07, 6.45) is 2.07. The molecule has 0 radical (unpaired) electrons. The first-order valence-corrected chi connectivity index (χ1v) is 10.9. The highest BCUT2D eigenvalue weighted by Crippen LogP contribution is 2.19. The van der Waals surface area contributed by atoms with Crippen molar-refractivity contribution in [1.29, 1.82) is 0 Å². The summed E-state index contributed by atoms with van der Waals surface area (Å²) in [6.45, 7) is 3.21. The zero-order valence-corrected chi connectivity index (χ0v) is 18.7. The van der Waals surface area contributed by atoms with Gasteiger partial charge in [-0.15, -0.1) is 0 Å². The van der Waals surface area contributed by atoms with Crippen molar-refractivity contribution in [2.45, 2.75) is 38.6 Å². The summed E-state index contributed by atoms with van der Waals surface area (Å²) in [5, 5.41) is 8.93. The Hall–Kier alpha value is -2.99. The van der Waals surface area contributed by atoms with E-state index in [1.165, 1.54) is 16.1 Å². The number of carbonyl (C=O) groups is 2. The van der Waals surface area contributed by atoms with Crippen molar-refractivity contribution in [3.63, 3.8) is 0 Å². The number of likely N-dealkylation sites (N-methyl/N-ethyl adjacent to an activating group) is 1. The van der Waals surface area contributed by atoms with E-state index in [4.69, 9.17) is 0 Å². The number of hydrazone groups is 1. The standard InChI is InChI=1S/C25H32N4O2/c1-4-19-10-12-21(13-11-19)23(28(2)3)18-26-24(30)14-15-25(31)29-17-16-22(27-29)20-8-6-5-7-9-20/h5-13,23H,4,14-18H2,1-3H3,(H,26,30). The van der Waals surface area contributed by atoms with Crippen LogP contribution in [0, 0.1) is 0 Å². The number of aryl methyl sites for hydroxylation is 1. The summed E-state index contributed by atoms with van der Waals surface area (Å²) in [7, 11) is 4.01. The predicted octanol–water partition coefficient (Wildman–Crippen LogP) is 3.38. The highest BCUT2D eigenvalue weighted by atomic mass is 16.2. The molecule has 0 spiro atoms. The van der Waals surface area contributed by atoms with Crippen molar-refractivity contribution in [2.24, 2.45) is 5.10 Å². The van der Waals surface area contributed by atoms with Gasteiger partial charge in [-0.2, -0.15) is 5.10 Å². The van der Waals surface area contributed by atoms with Crippen molar-refractivity contribution in [1.82, 2.24) is 15.2 Å². The molecule has 1 heterocycles. The Labute approximate surface area is 184 Å². The molecule has 6 nitrogen and oxygen atoms in total. The van der Waals surface area contributed by atoms with E-state index in [-0.39, 0.29) is 30.7 Å². The molecule has 3 rings (SSSR count). The third-order valence-electron chi connectivity index (χ3n) is 5.65. The number of amides is 2. The lowest BCUT2D eigenvalue weighted by atomic mass is 10.0. The molecule has 0 aromatic heterocycles. The summed E-state index contributed by atoms with van der Waals surface area (Å²) < 4.78 is 0. The normalized spacial score (nSPS) is 14.5. The highest BCUT2D eigenvalue weighted by Gasteiger charge is 2.22. The fourth-order valence-corrected chi connectivity index (χ4v) is 3.69. The second-order valence-corrected chi connectivity index (χ2v) is 8.06. The fraction of sp³-hybridized carbons (Fsp3) is 0.400. The van der Waals surface area contributed by atoms with Crippen LogP contribution >= 0.6 is 0 Å². The highest BCUT2D eigenvalue weighted by molar-refractivity contribution is 6.02. The molecule has 31 heavy (non-hydrogen) atoms. The van der Waals surface area contributed by atoms with Gasteiger partial charge in [-0.3, -0.25) is 9.59 Å². The van der Waals surface area contributed by atoms with Crippen LogP contribution in [0.15, 0.2) is 59.7 Å². The maximum atomic E-state index is 12.5. The molecule has 2 aromatic carbocycles. The second-order valence-electron chi connectivity index (χ2n) is 8.06. The molecular formula is C25H32N4O2. The maximum absolute atomic E-state index is 12.5. The Morgan fingerprint density at radius 2 is 1.77 bits per heavy atom. The zero-order chi connectivity index (χ0) is 22.2. The predicted molar refractivity (Wildman–Crippen MR) is 124 cm³/mol. The first-order chi connectivity index (χ1) is 15.0. The zero-order valence-electron chi connectivity index (χ0n) is 18.7. The van der Waals surface area contributed by atoms with E-state index in [2.05, 4.69) is 46.5 Å². The Balaban J connectivity index is 1.47. The van der Waals surface area contributed by atoms with Gasteiger partial charge in [-0.05, 0) is 37.2 Å². The molecule has 6 heteroatoms. The molecule has 0 saturated heterocycles. The first kappa shape index (κ1) is 22.7. The monoisotopic (exact) mass is 420 g/mol. The lowest BCUT2D eigenvalue weighted by Gasteiger charge is -2.25. The van der Waals surface area contributed by atoms with E-state index < -0.39 is 0 Å². The van der Waals surface area contributed by atoms with Crippen LogP contribution in [0.4, 0.5) is 0 Å². The third kappa shape index (κ3) is 6.25. The van der Waals surface area contributed by atoms with Gasteiger partial charge in [-0.25, -0.2) is 5.01 Å². The minimum absolute atomic E-state index is 0.0853. The van der Waals surface area contributed by atoms with Gasteiger partial charge in [0, 0.05) is 25.8 Å². The van der Waals surface area contributed by atoms with E-state index >= 15 is 0 Å². The Kier molecular flexibility index (Phi) is 7.95. The van der Waals surface area contributed by atoms with Gasteiger partial charge in [0.05, 0.1) is 18.3 Å². The second kappa shape index (κ2) is 10.9. The van der Waals surface area contributed by atoms with Gasteiger partial charge in [-0.1, -0.05) is 61.5 Å². The van der Waals surface area contributed by atoms with Crippen LogP contribution in [0.3, 0.4) is 0 Å². The van der Waals surface area contributed by atoms with Crippen LogP contribution in [0.2, 0.25) is 0 Å². The summed E-state index contributed by atoms with van der Waals surface area (Å²) >= 11 is 0. The van der Waals surface area contributed by atoms with Crippen LogP contribution in [-0.4, -0.2) is 54.6 Å². The number of hydrogen-bond donors (Lipinski definition) is 1. The van der Waals surface area contributed by atoms with Gasteiger partial charge >= 0.3 is 0 Å². The van der Waals surface area contributed by atoms with Crippen molar-refractivity contribution < 1.29 is 9.59 Å². The van der Waals surface area contributed by atoms with Crippen LogP contribution in [-0.2, 0) is 16.0 Å². The van der Waals surface area contributed by atoms with Gasteiger partial charge in [0.1, 0.15) is 0 Å². The third-order valence-corrected chi connectivity index (χ3v) is 5.65. The molecule has 0 bridgehead atoms. The number of nitrogens with zero attached hydrogens (tertiary/aromatic N) is 3. The molecule has 1 atom stereocenters. The molecule has 0 saturated carbocycles.